The van der Waals surface area contributed by atoms with Crippen LogP contribution in [0.3, 0.4) is 0 Å². The lowest BCUT2D eigenvalue weighted by molar-refractivity contribution is -0.141. The Balaban J connectivity index is 2.28. The van der Waals surface area contributed by atoms with Crippen LogP contribution in [0.25, 0.3) is 0 Å². The number of carbonyl (C=O) groups is 1. The minimum absolute atomic E-state index is 0.271. The number of fused-ring (bicyclic) bond motifs is 1. The third kappa shape index (κ3) is 0.913. The van der Waals surface area contributed by atoms with E-state index in [2.05, 4.69) is 4.98 Å². The third-order valence-corrected chi connectivity index (χ3v) is 2.32. The molecule has 2 heterocycles. The van der Waals surface area contributed by atoms with Crippen molar-refractivity contribution in [3.63, 3.8) is 0 Å². The Hall–Kier alpha value is -1.32. The molecular weight excluding hydrogens is 156 g/mol. The lowest BCUT2D eigenvalue weighted by Crippen LogP contribution is -2.15. The van der Waals surface area contributed by atoms with E-state index in [1.807, 2.05) is 11.5 Å². The van der Waals surface area contributed by atoms with E-state index in [0.29, 0.717) is 13.0 Å². The largest absolute Gasteiger partial charge is 0.481 e. The summed E-state index contributed by atoms with van der Waals surface area (Å²) in [6.45, 7) is 2.53. The van der Waals surface area contributed by atoms with Crippen molar-refractivity contribution in [3.8, 4) is 0 Å². The van der Waals surface area contributed by atoms with Crippen molar-refractivity contribution in [3.05, 3.63) is 17.7 Å². The van der Waals surface area contributed by atoms with Crippen LogP contribution < -0.4 is 0 Å². The predicted molar refractivity (Wildman–Crippen MR) is 41.8 cm³/mol. The summed E-state index contributed by atoms with van der Waals surface area (Å²) in [5.74, 6) is -0.0906. The number of hydrogen-bond donors (Lipinski definition) is 1. The zero-order valence-corrected chi connectivity index (χ0v) is 6.82. The first kappa shape index (κ1) is 7.34. The molecule has 4 heteroatoms. The van der Waals surface area contributed by atoms with Crippen LogP contribution >= 0.6 is 0 Å². The van der Waals surface area contributed by atoms with E-state index in [1.54, 1.807) is 6.20 Å². The SMILES string of the molecule is Cc1cnc2n1CC(C(=O)O)C2. The Labute approximate surface area is 69.8 Å². The summed E-state index contributed by atoms with van der Waals surface area (Å²) >= 11 is 0. The second kappa shape index (κ2) is 2.33. The van der Waals surface area contributed by atoms with Gasteiger partial charge in [-0.1, -0.05) is 0 Å². The second-order valence-corrected chi connectivity index (χ2v) is 3.17. The summed E-state index contributed by atoms with van der Waals surface area (Å²) in [7, 11) is 0. The minimum atomic E-state index is -0.722. The highest BCUT2D eigenvalue weighted by molar-refractivity contribution is 5.70. The number of aliphatic carboxylic acids is 1. The summed E-state index contributed by atoms with van der Waals surface area (Å²) in [4.78, 5) is 14.8. The van der Waals surface area contributed by atoms with Gasteiger partial charge in [-0.25, -0.2) is 4.98 Å². The molecule has 4 nitrogen and oxygen atoms in total. The van der Waals surface area contributed by atoms with Crippen LogP contribution in [0.2, 0.25) is 0 Å². The monoisotopic (exact) mass is 166 g/mol. The maximum Gasteiger partial charge on any atom is 0.308 e. The lowest BCUT2D eigenvalue weighted by Gasteiger charge is -2.01. The standard InChI is InChI=1S/C8H10N2O2/c1-5-3-9-7-2-6(8(11)12)4-10(5)7/h3,6H,2,4H2,1H3,(H,11,12). The lowest BCUT2D eigenvalue weighted by atomic mass is 10.1. The van der Waals surface area contributed by atoms with Gasteiger partial charge in [0.25, 0.3) is 0 Å². The Morgan fingerprint density at radius 2 is 2.58 bits per heavy atom. The van der Waals surface area contributed by atoms with Gasteiger partial charge in [-0.15, -0.1) is 0 Å². The van der Waals surface area contributed by atoms with Crippen LogP contribution in [-0.2, 0) is 17.8 Å². The quantitative estimate of drug-likeness (QED) is 0.659. The fraction of sp³-hybridized carbons (Fsp3) is 0.500. The van der Waals surface area contributed by atoms with Crippen LogP contribution in [0.1, 0.15) is 11.5 Å². The molecule has 12 heavy (non-hydrogen) atoms. The molecule has 1 aliphatic rings. The first-order chi connectivity index (χ1) is 5.68. The van der Waals surface area contributed by atoms with Crippen molar-refractivity contribution >= 4 is 5.97 Å². The molecule has 0 bridgehead atoms. The summed E-state index contributed by atoms with van der Waals surface area (Å²) in [5.41, 5.74) is 1.05. The summed E-state index contributed by atoms with van der Waals surface area (Å²) in [6, 6.07) is 0. The molecule has 1 aliphatic heterocycles. The van der Waals surface area contributed by atoms with E-state index in [9.17, 15) is 4.79 Å². The molecule has 1 unspecified atom stereocenters. The predicted octanol–water partition coefficient (Wildman–Crippen LogP) is 0.448. The summed E-state index contributed by atoms with van der Waals surface area (Å²) < 4.78 is 1.97. The molecule has 0 amide bonds. The molecular formula is C8H10N2O2. The number of nitrogens with zero attached hydrogens (tertiary/aromatic N) is 2. The zero-order valence-electron chi connectivity index (χ0n) is 6.82. The highest BCUT2D eigenvalue weighted by Crippen LogP contribution is 2.20. The Morgan fingerprint density at radius 1 is 1.83 bits per heavy atom. The van der Waals surface area contributed by atoms with Gasteiger partial charge in [-0.05, 0) is 6.92 Å². The van der Waals surface area contributed by atoms with Crippen molar-refractivity contribution in [2.24, 2.45) is 5.92 Å². The van der Waals surface area contributed by atoms with Crippen molar-refractivity contribution in [1.29, 1.82) is 0 Å². The number of carboxylic acids is 1. The topological polar surface area (TPSA) is 55.1 Å². The van der Waals surface area contributed by atoms with E-state index in [-0.39, 0.29) is 5.92 Å². The number of carboxylic acid groups (broad SMARTS) is 1. The molecule has 0 saturated heterocycles. The van der Waals surface area contributed by atoms with E-state index in [1.165, 1.54) is 0 Å². The van der Waals surface area contributed by atoms with Gasteiger partial charge < -0.3 is 9.67 Å². The van der Waals surface area contributed by atoms with Gasteiger partial charge in [0.15, 0.2) is 0 Å². The highest BCUT2D eigenvalue weighted by atomic mass is 16.4. The van der Waals surface area contributed by atoms with Crippen molar-refractivity contribution < 1.29 is 9.90 Å². The van der Waals surface area contributed by atoms with E-state index >= 15 is 0 Å². The maximum absolute atomic E-state index is 10.6. The molecule has 0 radical (unpaired) electrons. The molecule has 0 saturated carbocycles. The molecule has 1 aromatic heterocycles. The van der Waals surface area contributed by atoms with Gasteiger partial charge >= 0.3 is 5.97 Å². The number of aromatic nitrogens is 2. The fourth-order valence-corrected chi connectivity index (χ4v) is 1.59. The first-order valence-electron chi connectivity index (χ1n) is 3.92. The molecule has 1 aromatic rings. The van der Waals surface area contributed by atoms with Crippen LogP contribution in [-0.4, -0.2) is 20.6 Å². The number of rotatable bonds is 1. The highest BCUT2D eigenvalue weighted by Gasteiger charge is 2.28. The first-order valence-corrected chi connectivity index (χ1v) is 3.92. The van der Waals surface area contributed by atoms with Gasteiger partial charge in [0.1, 0.15) is 5.82 Å². The third-order valence-electron chi connectivity index (χ3n) is 2.32. The van der Waals surface area contributed by atoms with Crippen LogP contribution in [0.5, 0.6) is 0 Å². The molecule has 0 fully saturated rings. The average molecular weight is 166 g/mol. The average Bonchev–Trinajstić information content (AvgIpc) is 2.53. The number of imidazole rings is 1. The van der Waals surface area contributed by atoms with Crippen LogP contribution in [0.15, 0.2) is 6.20 Å². The van der Waals surface area contributed by atoms with Crippen molar-refractivity contribution in [2.45, 2.75) is 19.9 Å². The van der Waals surface area contributed by atoms with Gasteiger partial charge in [-0.3, -0.25) is 4.79 Å². The molecule has 0 aromatic carbocycles. The van der Waals surface area contributed by atoms with Crippen LogP contribution in [0, 0.1) is 12.8 Å². The molecule has 1 N–H and O–H groups in total. The normalized spacial score (nSPS) is 20.9. The smallest absolute Gasteiger partial charge is 0.308 e. The van der Waals surface area contributed by atoms with Gasteiger partial charge in [-0.2, -0.15) is 0 Å². The molecule has 0 aliphatic carbocycles. The Bertz CT molecular complexity index is 330. The number of hydrogen-bond acceptors (Lipinski definition) is 2. The maximum atomic E-state index is 10.6. The summed E-state index contributed by atoms with van der Waals surface area (Å²) in [6.07, 6.45) is 2.36. The second-order valence-electron chi connectivity index (χ2n) is 3.17. The Morgan fingerprint density at radius 3 is 3.17 bits per heavy atom. The van der Waals surface area contributed by atoms with E-state index in [0.717, 1.165) is 11.5 Å². The van der Waals surface area contributed by atoms with E-state index < -0.39 is 5.97 Å². The number of aryl methyl sites for hydroxylation is 1. The van der Waals surface area contributed by atoms with Crippen LogP contribution in [0.4, 0.5) is 0 Å². The molecule has 64 valence electrons. The summed E-state index contributed by atoms with van der Waals surface area (Å²) in [5, 5.41) is 8.75. The fourth-order valence-electron chi connectivity index (χ4n) is 1.59. The zero-order chi connectivity index (χ0) is 8.72. The van der Waals surface area contributed by atoms with E-state index in [4.69, 9.17) is 5.11 Å². The minimum Gasteiger partial charge on any atom is -0.481 e. The molecule has 0 spiro atoms. The van der Waals surface area contributed by atoms with Gasteiger partial charge in [0.05, 0.1) is 5.92 Å². The Kier molecular flexibility index (Phi) is 1.43. The molecule has 2 rings (SSSR count). The van der Waals surface area contributed by atoms with Gasteiger partial charge in [0, 0.05) is 24.9 Å². The van der Waals surface area contributed by atoms with Crippen molar-refractivity contribution in [1.82, 2.24) is 9.55 Å². The van der Waals surface area contributed by atoms with Crippen molar-refractivity contribution in [2.75, 3.05) is 0 Å². The van der Waals surface area contributed by atoms with Gasteiger partial charge in [0.2, 0.25) is 0 Å². The molecule has 1 atom stereocenters.